The molecule has 0 atom stereocenters. The number of carboxylic acid groups (broad SMARTS) is 1. The summed E-state index contributed by atoms with van der Waals surface area (Å²) in [4.78, 5) is 11.1. The Balaban J connectivity index is 2.90. The number of aromatic carboxylic acids is 1. The van der Waals surface area contributed by atoms with Crippen molar-refractivity contribution in [1.82, 2.24) is 4.57 Å². The Morgan fingerprint density at radius 1 is 1.29 bits per heavy atom. The van der Waals surface area contributed by atoms with E-state index in [1.54, 1.807) is 13.8 Å². The molecule has 2 rings (SSSR count). The van der Waals surface area contributed by atoms with Crippen LogP contribution in [0, 0.1) is 11.6 Å². The van der Waals surface area contributed by atoms with Crippen molar-refractivity contribution in [2.45, 2.75) is 19.9 Å². The van der Waals surface area contributed by atoms with Crippen molar-refractivity contribution in [3.8, 4) is 0 Å². The zero-order valence-electron chi connectivity index (χ0n) is 9.37. The maximum absolute atomic E-state index is 13.5. The number of fused-ring (bicyclic) bond motifs is 1. The van der Waals surface area contributed by atoms with Gasteiger partial charge in [-0.3, -0.25) is 0 Å². The SMILES string of the molecule is CC(C)n1c(C(=O)O)cc2c(F)cc(F)cc21. The summed E-state index contributed by atoms with van der Waals surface area (Å²) in [6.07, 6.45) is 0. The van der Waals surface area contributed by atoms with Crippen LogP contribution < -0.4 is 0 Å². The van der Waals surface area contributed by atoms with Gasteiger partial charge in [-0.2, -0.15) is 0 Å². The molecule has 0 fully saturated rings. The van der Waals surface area contributed by atoms with Gasteiger partial charge in [0.15, 0.2) is 0 Å². The lowest BCUT2D eigenvalue weighted by Crippen LogP contribution is -2.10. The van der Waals surface area contributed by atoms with Crippen molar-refractivity contribution in [1.29, 1.82) is 0 Å². The number of benzene rings is 1. The van der Waals surface area contributed by atoms with Gasteiger partial charge in [-0.15, -0.1) is 0 Å². The minimum atomic E-state index is -1.16. The normalized spacial score (nSPS) is 11.4. The van der Waals surface area contributed by atoms with Crippen molar-refractivity contribution in [3.05, 3.63) is 35.5 Å². The average Bonchev–Trinajstić information content (AvgIpc) is 2.56. The van der Waals surface area contributed by atoms with E-state index in [1.165, 1.54) is 10.6 Å². The molecule has 0 unspecified atom stereocenters. The molecule has 3 nitrogen and oxygen atoms in total. The third-order valence-electron chi connectivity index (χ3n) is 2.61. The third kappa shape index (κ3) is 1.77. The Labute approximate surface area is 96.3 Å². The molecule has 17 heavy (non-hydrogen) atoms. The summed E-state index contributed by atoms with van der Waals surface area (Å²) >= 11 is 0. The number of aromatic nitrogens is 1. The maximum Gasteiger partial charge on any atom is 0.352 e. The summed E-state index contributed by atoms with van der Waals surface area (Å²) in [6.45, 7) is 3.52. The van der Waals surface area contributed by atoms with Crippen LogP contribution >= 0.6 is 0 Å². The van der Waals surface area contributed by atoms with Gasteiger partial charge in [-0.25, -0.2) is 13.6 Å². The van der Waals surface area contributed by atoms with Crippen molar-refractivity contribution in [2.24, 2.45) is 0 Å². The maximum atomic E-state index is 13.5. The number of hydrogen-bond donors (Lipinski definition) is 1. The molecule has 0 aliphatic carbocycles. The zero-order chi connectivity index (χ0) is 12.7. The number of rotatable bonds is 2. The van der Waals surface area contributed by atoms with E-state index in [0.29, 0.717) is 0 Å². The van der Waals surface area contributed by atoms with Crippen LogP contribution in [0.2, 0.25) is 0 Å². The van der Waals surface area contributed by atoms with Crippen molar-refractivity contribution in [2.75, 3.05) is 0 Å². The lowest BCUT2D eigenvalue weighted by Gasteiger charge is -2.12. The van der Waals surface area contributed by atoms with Crippen molar-refractivity contribution < 1.29 is 18.7 Å². The van der Waals surface area contributed by atoms with Crippen LogP contribution in [0.4, 0.5) is 8.78 Å². The molecule has 0 bridgehead atoms. The molecule has 5 heteroatoms. The fourth-order valence-electron chi connectivity index (χ4n) is 1.97. The van der Waals surface area contributed by atoms with Crippen LogP contribution in [0.15, 0.2) is 18.2 Å². The Hall–Kier alpha value is -1.91. The first-order valence-electron chi connectivity index (χ1n) is 5.15. The molecule has 0 amide bonds. The summed E-state index contributed by atoms with van der Waals surface area (Å²) in [5.74, 6) is -2.62. The first kappa shape index (κ1) is 11.6. The van der Waals surface area contributed by atoms with Gasteiger partial charge in [0.2, 0.25) is 0 Å². The molecular formula is C12H11F2NO2. The molecule has 1 heterocycles. The van der Waals surface area contributed by atoms with Gasteiger partial charge in [0.25, 0.3) is 0 Å². The predicted octanol–water partition coefficient (Wildman–Crippen LogP) is 3.20. The standard InChI is InChI=1S/C12H11F2NO2/c1-6(2)15-10-4-7(13)3-9(14)8(10)5-11(15)12(16)17/h3-6H,1-2H3,(H,16,17). The number of hydrogen-bond acceptors (Lipinski definition) is 1. The Bertz CT molecular complexity index is 602. The molecule has 0 aliphatic heterocycles. The van der Waals surface area contributed by atoms with E-state index < -0.39 is 17.6 Å². The first-order valence-corrected chi connectivity index (χ1v) is 5.15. The smallest absolute Gasteiger partial charge is 0.352 e. The number of carboxylic acids is 1. The van der Waals surface area contributed by atoms with E-state index in [4.69, 9.17) is 5.11 Å². The molecule has 1 N–H and O–H groups in total. The van der Waals surface area contributed by atoms with E-state index in [9.17, 15) is 13.6 Å². The topological polar surface area (TPSA) is 42.2 Å². The molecule has 2 aromatic rings. The van der Waals surface area contributed by atoms with Gasteiger partial charge in [-0.05, 0) is 26.0 Å². The van der Waals surface area contributed by atoms with Crippen LogP contribution in [0.3, 0.4) is 0 Å². The second kappa shape index (κ2) is 3.84. The Morgan fingerprint density at radius 3 is 2.47 bits per heavy atom. The van der Waals surface area contributed by atoms with E-state index in [1.807, 2.05) is 0 Å². The van der Waals surface area contributed by atoms with Gasteiger partial charge in [-0.1, -0.05) is 0 Å². The minimum Gasteiger partial charge on any atom is -0.477 e. The molecular weight excluding hydrogens is 228 g/mol. The lowest BCUT2D eigenvalue weighted by molar-refractivity contribution is 0.0684. The van der Waals surface area contributed by atoms with Crippen LogP contribution in [0.25, 0.3) is 10.9 Å². The summed E-state index contributed by atoms with van der Waals surface area (Å²) in [7, 11) is 0. The second-order valence-electron chi connectivity index (χ2n) is 4.12. The fourth-order valence-corrected chi connectivity index (χ4v) is 1.97. The lowest BCUT2D eigenvalue weighted by atomic mass is 10.2. The van der Waals surface area contributed by atoms with Crippen molar-refractivity contribution in [3.63, 3.8) is 0 Å². The summed E-state index contributed by atoms with van der Waals surface area (Å²) in [5.41, 5.74) is 0.217. The third-order valence-corrected chi connectivity index (χ3v) is 2.61. The van der Waals surface area contributed by atoms with Crippen molar-refractivity contribution >= 4 is 16.9 Å². The summed E-state index contributed by atoms with van der Waals surface area (Å²) < 4.78 is 28.1. The highest BCUT2D eigenvalue weighted by Crippen LogP contribution is 2.27. The molecule has 0 spiro atoms. The van der Waals surface area contributed by atoms with Gasteiger partial charge in [0, 0.05) is 17.5 Å². The highest BCUT2D eigenvalue weighted by Gasteiger charge is 2.19. The van der Waals surface area contributed by atoms with E-state index in [-0.39, 0.29) is 22.6 Å². The molecule has 1 aromatic carbocycles. The Kier molecular flexibility index (Phi) is 2.61. The van der Waals surface area contributed by atoms with E-state index in [0.717, 1.165) is 12.1 Å². The first-order chi connectivity index (χ1) is 7.91. The largest absolute Gasteiger partial charge is 0.477 e. The van der Waals surface area contributed by atoms with Gasteiger partial charge >= 0.3 is 5.97 Å². The summed E-state index contributed by atoms with van der Waals surface area (Å²) in [5, 5.41) is 9.16. The molecule has 90 valence electrons. The highest BCUT2D eigenvalue weighted by atomic mass is 19.1. The number of halogens is 2. The molecule has 1 aromatic heterocycles. The molecule has 0 radical (unpaired) electrons. The Morgan fingerprint density at radius 2 is 1.94 bits per heavy atom. The number of carbonyl (C=O) groups is 1. The fraction of sp³-hybridized carbons (Fsp3) is 0.250. The van der Waals surface area contributed by atoms with Crippen LogP contribution in [0.1, 0.15) is 30.4 Å². The minimum absolute atomic E-state index is 0.0421. The zero-order valence-corrected chi connectivity index (χ0v) is 9.37. The van der Waals surface area contributed by atoms with Crippen LogP contribution in [0.5, 0.6) is 0 Å². The predicted molar refractivity (Wildman–Crippen MR) is 59.2 cm³/mol. The van der Waals surface area contributed by atoms with E-state index >= 15 is 0 Å². The number of nitrogens with zero attached hydrogens (tertiary/aromatic N) is 1. The highest BCUT2D eigenvalue weighted by molar-refractivity contribution is 5.95. The van der Waals surface area contributed by atoms with Crippen LogP contribution in [-0.4, -0.2) is 15.6 Å². The molecule has 0 saturated heterocycles. The van der Waals surface area contributed by atoms with Gasteiger partial charge in [0.1, 0.15) is 17.3 Å². The second-order valence-corrected chi connectivity index (χ2v) is 4.12. The monoisotopic (exact) mass is 239 g/mol. The quantitative estimate of drug-likeness (QED) is 0.874. The summed E-state index contributed by atoms with van der Waals surface area (Å²) in [6, 6.07) is 2.93. The van der Waals surface area contributed by atoms with Crippen LogP contribution in [-0.2, 0) is 0 Å². The molecule has 0 saturated carbocycles. The molecule has 0 aliphatic rings. The van der Waals surface area contributed by atoms with Gasteiger partial charge in [0.05, 0.1) is 5.52 Å². The average molecular weight is 239 g/mol. The van der Waals surface area contributed by atoms with Gasteiger partial charge < -0.3 is 9.67 Å². The van der Waals surface area contributed by atoms with E-state index in [2.05, 4.69) is 0 Å².